The smallest absolute Gasteiger partial charge is 0.266 e. The summed E-state index contributed by atoms with van der Waals surface area (Å²) >= 11 is 1.57. The summed E-state index contributed by atoms with van der Waals surface area (Å²) < 4.78 is 5.39. The third-order valence-corrected chi connectivity index (χ3v) is 5.39. The molecule has 2 aliphatic heterocycles. The number of carbonyl (C=O) groups excluding carboxylic acids is 2. The summed E-state index contributed by atoms with van der Waals surface area (Å²) in [5.74, 6) is 0.619. The van der Waals surface area contributed by atoms with Crippen LogP contribution in [0.25, 0.3) is 0 Å². The number of anilines is 1. The van der Waals surface area contributed by atoms with Crippen molar-refractivity contribution in [2.24, 2.45) is 0 Å². The van der Waals surface area contributed by atoms with Gasteiger partial charge in [0.2, 0.25) is 5.91 Å². The number of carbonyl (C=O) groups is 2. The highest BCUT2D eigenvalue weighted by Crippen LogP contribution is 2.33. The van der Waals surface area contributed by atoms with Crippen LogP contribution in [0.4, 0.5) is 5.82 Å². The van der Waals surface area contributed by atoms with Crippen molar-refractivity contribution < 1.29 is 14.3 Å². The molecule has 25 heavy (non-hydrogen) atoms. The molecule has 8 heteroatoms. The fraction of sp³-hybridized carbons (Fsp3) is 0.412. The molecule has 2 amide bonds. The molecule has 0 bridgehead atoms. The van der Waals surface area contributed by atoms with Crippen LogP contribution in [0, 0.1) is 0 Å². The molecule has 2 aromatic heterocycles. The number of rotatable bonds is 3. The highest BCUT2D eigenvalue weighted by atomic mass is 32.1. The van der Waals surface area contributed by atoms with Crippen LogP contribution < -0.4 is 9.64 Å². The number of piperidine rings is 1. The van der Waals surface area contributed by atoms with E-state index in [0.29, 0.717) is 18.1 Å². The predicted octanol–water partition coefficient (Wildman–Crippen LogP) is 2.02. The Morgan fingerprint density at radius 1 is 1.32 bits per heavy atom. The average Bonchev–Trinajstić information content (AvgIpc) is 3.18. The molecular weight excluding hydrogens is 340 g/mol. The van der Waals surface area contributed by atoms with Crippen LogP contribution in [0.15, 0.2) is 29.9 Å². The molecule has 130 valence electrons. The fourth-order valence-electron chi connectivity index (χ4n) is 3.31. The van der Waals surface area contributed by atoms with Gasteiger partial charge in [-0.15, -0.1) is 11.3 Å². The van der Waals surface area contributed by atoms with Crippen molar-refractivity contribution in [3.63, 3.8) is 0 Å². The first kappa shape index (κ1) is 16.0. The summed E-state index contributed by atoms with van der Waals surface area (Å²) in [4.78, 5) is 37.1. The maximum absolute atomic E-state index is 13.0. The van der Waals surface area contributed by atoms with Crippen LogP contribution in [0.5, 0.6) is 5.75 Å². The monoisotopic (exact) mass is 358 g/mol. The van der Waals surface area contributed by atoms with Gasteiger partial charge < -0.3 is 9.64 Å². The van der Waals surface area contributed by atoms with Crippen molar-refractivity contribution in [1.29, 1.82) is 0 Å². The number of fused-ring (bicyclic) bond motifs is 1. The molecule has 4 heterocycles. The maximum Gasteiger partial charge on any atom is 0.266 e. The molecule has 4 rings (SSSR count). The Morgan fingerprint density at radius 3 is 3.08 bits per heavy atom. The summed E-state index contributed by atoms with van der Waals surface area (Å²) in [5, 5.41) is 2.89. The minimum Gasteiger partial charge on any atom is -0.480 e. The van der Waals surface area contributed by atoms with Crippen molar-refractivity contribution >= 4 is 29.0 Å². The van der Waals surface area contributed by atoms with E-state index in [4.69, 9.17) is 4.74 Å². The van der Waals surface area contributed by atoms with Crippen molar-refractivity contribution in [3.8, 4) is 5.75 Å². The molecule has 7 nitrogen and oxygen atoms in total. The van der Waals surface area contributed by atoms with Gasteiger partial charge in [-0.25, -0.2) is 9.97 Å². The average molecular weight is 358 g/mol. The molecule has 0 radical (unpaired) electrons. The van der Waals surface area contributed by atoms with Gasteiger partial charge in [0.05, 0.1) is 6.04 Å². The third-order valence-electron chi connectivity index (χ3n) is 4.51. The number of pyridine rings is 1. The van der Waals surface area contributed by atoms with Gasteiger partial charge in [-0.1, -0.05) is 0 Å². The van der Waals surface area contributed by atoms with Crippen molar-refractivity contribution in [3.05, 3.63) is 34.9 Å². The van der Waals surface area contributed by atoms with Gasteiger partial charge >= 0.3 is 0 Å². The lowest BCUT2D eigenvalue weighted by atomic mass is 10.0. The Hall–Kier alpha value is -2.48. The van der Waals surface area contributed by atoms with Gasteiger partial charge in [-0.05, 0) is 31.4 Å². The first-order valence-electron chi connectivity index (χ1n) is 8.31. The van der Waals surface area contributed by atoms with Crippen LogP contribution in [-0.2, 0) is 9.59 Å². The summed E-state index contributed by atoms with van der Waals surface area (Å²) in [6.07, 6.45) is 6.32. The second kappa shape index (κ2) is 6.79. The Balaban J connectivity index is 1.56. The van der Waals surface area contributed by atoms with Gasteiger partial charge in [-0.3, -0.25) is 14.5 Å². The highest BCUT2D eigenvalue weighted by molar-refractivity contribution is 7.09. The summed E-state index contributed by atoms with van der Waals surface area (Å²) in [5.41, 5.74) is 0. The summed E-state index contributed by atoms with van der Waals surface area (Å²) in [6.45, 7) is 0.604. The predicted molar refractivity (Wildman–Crippen MR) is 92.5 cm³/mol. The summed E-state index contributed by atoms with van der Waals surface area (Å²) in [7, 11) is 0. The Morgan fingerprint density at radius 2 is 2.24 bits per heavy atom. The molecule has 0 aliphatic carbocycles. The second-order valence-corrected chi connectivity index (χ2v) is 6.99. The summed E-state index contributed by atoms with van der Waals surface area (Å²) in [6, 6.07) is 3.50. The second-order valence-electron chi connectivity index (χ2n) is 6.06. The molecule has 2 aliphatic rings. The Kier molecular flexibility index (Phi) is 4.35. The fourth-order valence-corrected chi connectivity index (χ4v) is 4.09. The van der Waals surface area contributed by atoms with Gasteiger partial charge in [0.1, 0.15) is 11.6 Å². The number of hydrogen-bond donors (Lipinski definition) is 0. The number of ether oxygens (including phenoxy) is 1. The lowest BCUT2D eigenvalue weighted by Gasteiger charge is -2.36. The first-order chi connectivity index (χ1) is 12.2. The van der Waals surface area contributed by atoms with E-state index in [1.165, 1.54) is 4.90 Å². The minimum absolute atomic E-state index is 0.000551. The van der Waals surface area contributed by atoms with Gasteiger partial charge in [0.15, 0.2) is 18.2 Å². The van der Waals surface area contributed by atoms with Crippen LogP contribution in [0.3, 0.4) is 0 Å². The molecular formula is C17H18N4O3S. The quantitative estimate of drug-likeness (QED) is 0.839. The number of amides is 2. The van der Waals surface area contributed by atoms with Gasteiger partial charge in [0.25, 0.3) is 5.91 Å². The normalized spacial score (nSPS) is 20.2. The van der Waals surface area contributed by atoms with E-state index in [-0.39, 0.29) is 31.0 Å². The molecule has 2 aromatic rings. The van der Waals surface area contributed by atoms with E-state index >= 15 is 0 Å². The van der Waals surface area contributed by atoms with Gasteiger partial charge in [-0.2, -0.15) is 0 Å². The van der Waals surface area contributed by atoms with Crippen molar-refractivity contribution in [2.75, 3.05) is 24.6 Å². The van der Waals surface area contributed by atoms with Crippen LogP contribution in [-0.4, -0.2) is 46.4 Å². The topological polar surface area (TPSA) is 75.6 Å². The molecule has 0 aromatic carbocycles. The molecule has 0 saturated carbocycles. The van der Waals surface area contributed by atoms with Crippen molar-refractivity contribution in [2.45, 2.75) is 25.3 Å². The molecule has 1 fully saturated rings. The number of likely N-dealkylation sites (tertiary alicyclic amines) is 1. The molecule has 1 atom stereocenters. The van der Waals surface area contributed by atoms with E-state index in [1.807, 2.05) is 10.3 Å². The van der Waals surface area contributed by atoms with Crippen molar-refractivity contribution in [1.82, 2.24) is 14.9 Å². The van der Waals surface area contributed by atoms with Crippen LogP contribution in [0.2, 0.25) is 0 Å². The Bertz CT molecular complexity index is 780. The lowest BCUT2D eigenvalue weighted by Crippen LogP contribution is -2.48. The van der Waals surface area contributed by atoms with Crippen LogP contribution >= 0.6 is 11.3 Å². The lowest BCUT2D eigenvalue weighted by molar-refractivity contribution is -0.135. The number of aromatic nitrogens is 2. The zero-order valence-corrected chi connectivity index (χ0v) is 14.4. The number of nitrogens with zero attached hydrogens (tertiary/aromatic N) is 4. The van der Waals surface area contributed by atoms with Crippen LogP contribution in [0.1, 0.15) is 30.3 Å². The zero-order valence-electron chi connectivity index (χ0n) is 13.6. The Labute approximate surface area is 149 Å². The van der Waals surface area contributed by atoms with E-state index in [9.17, 15) is 9.59 Å². The van der Waals surface area contributed by atoms with E-state index < -0.39 is 0 Å². The number of thiazole rings is 1. The molecule has 1 saturated heterocycles. The molecule has 1 unspecified atom stereocenters. The molecule has 0 spiro atoms. The molecule has 0 N–H and O–H groups in total. The zero-order chi connectivity index (χ0) is 17.2. The third kappa shape index (κ3) is 3.09. The highest BCUT2D eigenvalue weighted by Gasteiger charge is 2.34. The number of hydrogen-bond acceptors (Lipinski definition) is 6. The minimum atomic E-state index is -0.248. The SMILES string of the molecule is O=C1COc2cccnc2N1CC(=O)N1CCCCC1c1nccs1. The maximum atomic E-state index is 13.0. The van der Waals surface area contributed by atoms with E-state index in [2.05, 4.69) is 9.97 Å². The van der Waals surface area contributed by atoms with Gasteiger partial charge in [0, 0.05) is 24.3 Å². The first-order valence-corrected chi connectivity index (χ1v) is 9.19. The van der Waals surface area contributed by atoms with E-state index in [0.717, 1.165) is 24.3 Å². The standard InChI is InChI=1S/C17H18N4O3S/c22-14(20-8-2-1-4-12(20)17-19-7-9-25-17)10-21-15(23)11-24-13-5-3-6-18-16(13)21/h3,5-7,9,12H,1-2,4,8,10-11H2. The largest absolute Gasteiger partial charge is 0.480 e. The van der Waals surface area contributed by atoms with E-state index in [1.54, 1.807) is 35.9 Å².